The molecule has 3 fully saturated rings. The zero-order valence-electron chi connectivity index (χ0n) is 32.8. The highest BCUT2D eigenvalue weighted by molar-refractivity contribution is 5.87. The number of carbonyl (C=O) groups excluding carboxylic acids is 4. The summed E-state index contributed by atoms with van der Waals surface area (Å²) < 4.78 is 35.0. The lowest BCUT2D eigenvalue weighted by Gasteiger charge is -2.47. The highest BCUT2D eigenvalue weighted by atomic mass is 16.7. The molecule has 2 N–H and O–H groups in total. The Bertz CT molecular complexity index is 1980. The van der Waals surface area contributed by atoms with Crippen molar-refractivity contribution in [1.82, 2.24) is 10.3 Å². The molecular weight excluding hydrogens is 730 g/mol. The van der Waals surface area contributed by atoms with Crippen molar-refractivity contribution in [3.63, 3.8) is 0 Å². The van der Waals surface area contributed by atoms with Gasteiger partial charge in [-0.05, 0) is 62.1 Å². The lowest BCUT2D eigenvalue weighted by molar-refractivity contribution is -0.956. The second kappa shape index (κ2) is 17.0. The van der Waals surface area contributed by atoms with E-state index in [0.29, 0.717) is 36.2 Å². The Labute approximate surface area is 332 Å². The smallest absolute Gasteiger partial charge is 0.459 e. The van der Waals surface area contributed by atoms with E-state index in [2.05, 4.69) is 10.3 Å². The summed E-state index contributed by atoms with van der Waals surface area (Å²) in [6.45, 7) is 6.77. The molecule has 0 radical (unpaired) electrons. The van der Waals surface area contributed by atoms with E-state index in [1.54, 1.807) is 63.2 Å². The summed E-state index contributed by atoms with van der Waals surface area (Å²) in [4.78, 5) is 55.2. The van der Waals surface area contributed by atoms with Crippen molar-refractivity contribution in [1.29, 1.82) is 0 Å². The van der Waals surface area contributed by atoms with Crippen LogP contribution in [0.15, 0.2) is 85.1 Å². The number of nitrogens with zero attached hydrogens (tertiary/aromatic N) is 1. The second-order valence-electron chi connectivity index (χ2n) is 16.2. The summed E-state index contributed by atoms with van der Waals surface area (Å²) in [6, 6.07) is 24.1. The third-order valence-corrected chi connectivity index (χ3v) is 11.5. The van der Waals surface area contributed by atoms with Gasteiger partial charge in [0.05, 0.1) is 25.2 Å². The zero-order chi connectivity index (χ0) is 40.0. The van der Waals surface area contributed by atoms with Gasteiger partial charge < -0.3 is 43.2 Å². The standard InChI is InChI=1S/C44H51N3O10/c1-43(2,3)57-41(50)45-21-20-30-27-46-38-19-18-35(26-37(30)38)56-42(51)52-28-39(48)53-29-54-44(31-12-6-4-7-13-31,32-14-8-5-9-15-32)40(49)55-36-24-33-16-17-34(25-36)47(33)22-10-11-23-47/h4-9,12-15,18-19,26-27,33-34,36,46H,10-11,16-17,20-25,28-29H2,1-3H3/p+1. The van der Waals surface area contributed by atoms with E-state index in [0.717, 1.165) is 42.1 Å². The number of alkyl carbamates (subject to hydrolysis) is 1. The van der Waals surface area contributed by atoms with Crippen LogP contribution >= 0.6 is 0 Å². The van der Waals surface area contributed by atoms with Crippen molar-refractivity contribution in [3.05, 3.63) is 102 Å². The molecule has 0 aliphatic carbocycles. The minimum absolute atomic E-state index is 0.197. The van der Waals surface area contributed by atoms with Crippen molar-refractivity contribution in [2.75, 3.05) is 33.0 Å². The van der Waals surface area contributed by atoms with Gasteiger partial charge in [-0.3, -0.25) is 0 Å². The number of ether oxygens (including phenoxy) is 6. The number of rotatable bonds is 13. The second-order valence-corrected chi connectivity index (χ2v) is 16.2. The number of hydrogen-bond acceptors (Lipinski definition) is 10. The fraction of sp³-hybridized carbons (Fsp3) is 0.455. The van der Waals surface area contributed by atoms with Gasteiger partial charge in [-0.25, -0.2) is 19.2 Å². The van der Waals surface area contributed by atoms with Crippen LogP contribution in [0.3, 0.4) is 0 Å². The molecule has 13 heteroatoms. The van der Waals surface area contributed by atoms with Crippen LogP contribution in [0.1, 0.15) is 76.0 Å². The molecular formula is C44H52N3O10+. The number of hydrogen-bond donors (Lipinski definition) is 2. The van der Waals surface area contributed by atoms with Crippen molar-refractivity contribution in [2.45, 2.75) is 95.1 Å². The van der Waals surface area contributed by atoms with Gasteiger partial charge in [0.15, 0.2) is 13.4 Å². The van der Waals surface area contributed by atoms with E-state index in [4.69, 9.17) is 28.4 Å². The number of quaternary nitrogens is 1. The number of carbonyl (C=O) groups is 4. The quantitative estimate of drug-likeness (QED) is 0.0474. The fourth-order valence-electron chi connectivity index (χ4n) is 9.02. The van der Waals surface area contributed by atoms with E-state index in [9.17, 15) is 19.2 Å². The number of fused-ring (bicyclic) bond motifs is 1. The van der Waals surface area contributed by atoms with E-state index in [1.165, 1.54) is 30.4 Å². The summed E-state index contributed by atoms with van der Waals surface area (Å²) in [5.41, 5.74) is 0.411. The summed E-state index contributed by atoms with van der Waals surface area (Å²) in [7, 11) is 0. The molecule has 7 rings (SSSR count). The predicted octanol–water partition coefficient (Wildman–Crippen LogP) is 7.06. The maximum atomic E-state index is 14.6. The Morgan fingerprint density at radius 2 is 1.49 bits per heavy atom. The van der Waals surface area contributed by atoms with Crippen molar-refractivity contribution in [3.8, 4) is 5.75 Å². The molecule has 57 heavy (non-hydrogen) atoms. The molecule has 4 heterocycles. The fourth-order valence-corrected chi connectivity index (χ4v) is 9.02. The molecule has 13 nitrogen and oxygen atoms in total. The average Bonchev–Trinajstić information content (AvgIpc) is 3.88. The lowest BCUT2D eigenvalue weighted by Crippen LogP contribution is -2.60. The molecule has 1 amide bonds. The van der Waals surface area contributed by atoms with Crippen LogP contribution in [0, 0.1) is 0 Å². The molecule has 1 spiro atoms. The van der Waals surface area contributed by atoms with Gasteiger partial charge >= 0.3 is 24.2 Å². The maximum Gasteiger partial charge on any atom is 0.514 e. The third-order valence-electron chi connectivity index (χ3n) is 11.5. The number of nitrogens with one attached hydrogen (secondary N) is 2. The monoisotopic (exact) mass is 782 g/mol. The SMILES string of the molecule is CC(C)(C)OC(=O)NCCc1c[nH]c2ccc(OC(=O)OCC(=O)OCOC(C(=O)OC3CC4CCC(C3)[N+]43CCCC3)(c3ccccc3)c3ccccc3)cc12. The first kappa shape index (κ1) is 39.8. The molecule has 2 bridgehead atoms. The summed E-state index contributed by atoms with van der Waals surface area (Å²) >= 11 is 0. The summed E-state index contributed by atoms with van der Waals surface area (Å²) in [6.07, 6.45) is 6.90. The number of H-pyrrole nitrogens is 1. The molecule has 2 unspecified atom stereocenters. The molecule has 0 saturated carbocycles. The van der Waals surface area contributed by atoms with Gasteiger partial charge in [0, 0.05) is 62.2 Å². The van der Waals surface area contributed by atoms with E-state index in [-0.39, 0.29) is 11.9 Å². The molecule has 3 aromatic carbocycles. The Balaban J connectivity index is 0.959. The van der Waals surface area contributed by atoms with Crippen LogP contribution in [0.5, 0.6) is 5.75 Å². The first-order valence-corrected chi connectivity index (χ1v) is 19.8. The molecule has 1 aromatic heterocycles. The first-order valence-electron chi connectivity index (χ1n) is 19.8. The van der Waals surface area contributed by atoms with E-state index >= 15 is 0 Å². The number of benzene rings is 3. The number of esters is 2. The number of aromatic amines is 1. The van der Waals surface area contributed by atoms with Crippen molar-refractivity contribution in [2.24, 2.45) is 0 Å². The zero-order valence-corrected chi connectivity index (χ0v) is 32.8. The molecule has 4 aromatic rings. The highest BCUT2D eigenvalue weighted by Gasteiger charge is 2.57. The number of amides is 1. The number of aromatic nitrogens is 1. The minimum Gasteiger partial charge on any atom is -0.459 e. The van der Waals surface area contributed by atoms with Gasteiger partial charge in [-0.1, -0.05) is 60.7 Å². The van der Waals surface area contributed by atoms with Gasteiger partial charge in [0.1, 0.15) is 17.5 Å². The van der Waals surface area contributed by atoms with Crippen LogP contribution < -0.4 is 10.1 Å². The Morgan fingerprint density at radius 1 is 0.842 bits per heavy atom. The molecule has 3 aliphatic heterocycles. The van der Waals surface area contributed by atoms with Gasteiger partial charge in [0.25, 0.3) is 0 Å². The topological polar surface area (TPSA) is 151 Å². The number of piperidine rings is 1. The lowest BCUT2D eigenvalue weighted by atomic mass is 9.85. The van der Waals surface area contributed by atoms with Gasteiger partial charge in [-0.15, -0.1) is 0 Å². The maximum absolute atomic E-state index is 14.6. The summed E-state index contributed by atoms with van der Waals surface area (Å²) in [5, 5.41) is 3.52. The molecule has 302 valence electrons. The predicted molar refractivity (Wildman–Crippen MR) is 209 cm³/mol. The highest BCUT2D eigenvalue weighted by Crippen LogP contribution is 2.47. The van der Waals surface area contributed by atoms with Crippen LogP contribution in [-0.2, 0) is 45.3 Å². The largest absolute Gasteiger partial charge is 0.514 e. The van der Waals surface area contributed by atoms with E-state index in [1.807, 2.05) is 42.6 Å². The Kier molecular flexibility index (Phi) is 11.9. The van der Waals surface area contributed by atoms with Crippen LogP contribution in [0.25, 0.3) is 10.9 Å². The normalized spacial score (nSPS) is 19.9. The summed E-state index contributed by atoms with van der Waals surface area (Å²) in [5.74, 6) is -1.28. The molecule has 3 saturated heterocycles. The Morgan fingerprint density at radius 3 is 2.12 bits per heavy atom. The van der Waals surface area contributed by atoms with Crippen molar-refractivity contribution < 1.29 is 52.1 Å². The van der Waals surface area contributed by atoms with Gasteiger partial charge in [0.2, 0.25) is 5.60 Å². The minimum atomic E-state index is -1.74. The van der Waals surface area contributed by atoms with Crippen molar-refractivity contribution >= 4 is 35.1 Å². The van der Waals surface area contributed by atoms with Crippen LogP contribution in [0.4, 0.5) is 9.59 Å². The third kappa shape index (κ3) is 8.94. The van der Waals surface area contributed by atoms with Crippen LogP contribution in [0.2, 0.25) is 0 Å². The average molecular weight is 783 g/mol. The van der Waals surface area contributed by atoms with E-state index < -0.39 is 48.8 Å². The van der Waals surface area contributed by atoms with Crippen LogP contribution in [-0.4, -0.2) is 90.5 Å². The molecule has 3 aliphatic rings. The molecule has 2 atom stereocenters. The van der Waals surface area contributed by atoms with Gasteiger partial charge in [-0.2, -0.15) is 0 Å². The first-order chi connectivity index (χ1) is 27.4. The Hall–Kier alpha value is -5.40.